The summed E-state index contributed by atoms with van der Waals surface area (Å²) in [6, 6.07) is 8.14. The molecule has 0 saturated carbocycles. The number of nitrogens with zero attached hydrogens (tertiary/aromatic N) is 5. The van der Waals surface area contributed by atoms with Gasteiger partial charge in [0.2, 0.25) is 11.8 Å². The average molecular weight is 418 g/mol. The van der Waals surface area contributed by atoms with Crippen LogP contribution in [0.1, 0.15) is 27.7 Å². The van der Waals surface area contributed by atoms with E-state index in [1.165, 1.54) is 17.4 Å². The lowest BCUT2D eigenvalue weighted by atomic mass is 10.2. The summed E-state index contributed by atoms with van der Waals surface area (Å²) in [5, 5.41) is 8.48. The number of aromatic nitrogens is 2. The van der Waals surface area contributed by atoms with Crippen LogP contribution in [0.4, 0.5) is 5.69 Å². The van der Waals surface area contributed by atoms with Crippen LogP contribution in [-0.2, 0) is 4.79 Å². The van der Waals surface area contributed by atoms with Gasteiger partial charge in [0.1, 0.15) is 0 Å². The molecule has 3 rings (SSSR count). The summed E-state index contributed by atoms with van der Waals surface area (Å²) in [4.78, 5) is 19.3. The highest BCUT2D eigenvalue weighted by Crippen LogP contribution is 2.28. The van der Waals surface area contributed by atoms with Crippen molar-refractivity contribution in [2.45, 2.75) is 38.2 Å². The van der Waals surface area contributed by atoms with Crippen molar-refractivity contribution in [2.75, 3.05) is 50.7 Å². The van der Waals surface area contributed by atoms with Gasteiger partial charge in [-0.15, -0.1) is 10.2 Å². The summed E-state index contributed by atoms with van der Waals surface area (Å²) in [5.74, 6) is 0.615. The van der Waals surface area contributed by atoms with Gasteiger partial charge in [-0.1, -0.05) is 18.7 Å². The van der Waals surface area contributed by atoms with Gasteiger partial charge in [-0.05, 0) is 51.6 Å². The number of rotatable bonds is 8. The molecule has 29 heavy (non-hydrogen) atoms. The third-order valence-corrected chi connectivity index (χ3v) is 6.33. The van der Waals surface area contributed by atoms with E-state index < -0.39 is 0 Å². The molecule has 1 aliphatic heterocycles. The fourth-order valence-corrected chi connectivity index (χ4v) is 4.29. The van der Waals surface area contributed by atoms with Crippen molar-refractivity contribution >= 4 is 23.4 Å². The molecular formula is C21H31N5O2S. The predicted molar refractivity (Wildman–Crippen MR) is 117 cm³/mol. The van der Waals surface area contributed by atoms with Gasteiger partial charge >= 0.3 is 0 Å². The smallest absolute Gasteiger partial charge is 0.277 e. The van der Waals surface area contributed by atoms with Crippen LogP contribution in [0.3, 0.4) is 0 Å². The van der Waals surface area contributed by atoms with Gasteiger partial charge in [-0.2, -0.15) is 0 Å². The van der Waals surface area contributed by atoms with Crippen molar-refractivity contribution in [2.24, 2.45) is 0 Å². The van der Waals surface area contributed by atoms with Gasteiger partial charge in [-0.3, -0.25) is 4.79 Å². The second kappa shape index (κ2) is 10.1. The molecule has 0 unspecified atom stereocenters. The predicted octanol–water partition coefficient (Wildman–Crippen LogP) is 3.23. The minimum absolute atomic E-state index is 0.133. The van der Waals surface area contributed by atoms with Crippen molar-refractivity contribution in [3.05, 3.63) is 24.3 Å². The van der Waals surface area contributed by atoms with Gasteiger partial charge in [-0.25, -0.2) is 0 Å². The quantitative estimate of drug-likeness (QED) is 0.611. The molecule has 2 heterocycles. The van der Waals surface area contributed by atoms with E-state index in [-0.39, 0.29) is 11.2 Å². The molecule has 1 aliphatic rings. The SMILES string of the molecule is CCN1CCN(C(=O)[C@@H](C)Sc2nnc(-c3ccc(N(CC)CC)cc3)o2)CC1. The van der Waals surface area contributed by atoms with Crippen LogP contribution < -0.4 is 4.90 Å². The highest BCUT2D eigenvalue weighted by Gasteiger charge is 2.26. The highest BCUT2D eigenvalue weighted by atomic mass is 32.2. The summed E-state index contributed by atoms with van der Waals surface area (Å²) in [7, 11) is 0. The Bertz CT molecular complexity index is 783. The van der Waals surface area contributed by atoms with Crippen molar-refractivity contribution in [3.8, 4) is 11.5 Å². The molecule has 2 aromatic rings. The molecule has 1 fully saturated rings. The van der Waals surface area contributed by atoms with Crippen LogP contribution in [-0.4, -0.2) is 77.0 Å². The van der Waals surface area contributed by atoms with E-state index in [0.717, 1.165) is 51.4 Å². The fourth-order valence-electron chi connectivity index (χ4n) is 3.52. The number of benzene rings is 1. The minimum Gasteiger partial charge on any atom is -0.411 e. The van der Waals surface area contributed by atoms with Gasteiger partial charge < -0.3 is 19.1 Å². The summed E-state index contributed by atoms with van der Waals surface area (Å²) in [5.41, 5.74) is 2.06. The lowest BCUT2D eigenvalue weighted by Crippen LogP contribution is -2.50. The molecule has 7 nitrogen and oxygen atoms in total. The fraction of sp³-hybridized carbons (Fsp3) is 0.571. The van der Waals surface area contributed by atoms with Gasteiger partial charge in [0.05, 0.1) is 5.25 Å². The number of carbonyl (C=O) groups is 1. The van der Waals surface area contributed by atoms with E-state index in [9.17, 15) is 4.79 Å². The molecular weight excluding hydrogens is 386 g/mol. The molecule has 1 aromatic heterocycles. The summed E-state index contributed by atoms with van der Waals surface area (Å²) < 4.78 is 5.81. The van der Waals surface area contributed by atoms with Crippen molar-refractivity contribution in [1.82, 2.24) is 20.0 Å². The van der Waals surface area contributed by atoms with Crippen molar-refractivity contribution < 1.29 is 9.21 Å². The molecule has 0 bridgehead atoms. The standard InChI is InChI=1S/C21H31N5O2S/c1-5-24-12-14-26(15-13-24)20(27)16(4)29-21-23-22-19(28-21)17-8-10-18(11-9-17)25(6-2)7-3/h8-11,16H,5-7,12-15H2,1-4H3/t16-/m1/s1. The minimum atomic E-state index is -0.249. The molecule has 1 aromatic carbocycles. The van der Waals surface area contributed by atoms with Crippen LogP contribution in [0.15, 0.2) is 33.9 Å². The molecule has 0 aliphatic carbocycles. The topological polar surface area (TPSA) is 65.7 Å². The molecule has 0 N–H and O–H groups in total. The number of likely N-dealkylation sites (N-methyl/N-ethyl adjacent to an activating group) is 1. The second-order valence-corrected chi connectivity index (χ2v) is 8.40. The Labute approximate surface area is 177 Å². The van der Waals surface area contributed by atoms with Crippen LogP contribution in [0, 0.1) is 0 Å². The first-order valence-electron chi connectivity index (χ1n) is 10.4. The lowest BCUT2D eigenvalue weighted by molar-refractivity contribution is -0.132. The molecule has 1 saturated heterocycles. The van der Waals surface area contributed by atoms with E-state index in [1.807, 2.05) is 24.0 Å². The third kappa shape index (κ3) is 5.30. The maximum Gasteiger partial charge on any atom is 0.277 e. The maximum absolute atomic E-state index is 12.7. The number of carbonyl (C=O) groups excluding carboxylic acids is 1. The van der Waals surface area contributed by atoms with Gasteiger partial charge in [0, 0.05) is 50.5 Å². The Morgan fingerprint density at radius 2 is 1.76 bits per heavy atom. The molecule has 0 spiro atoms. The zero-order valence-electron chi connectivity index (χ0n) is 17.8. The average Bonchev–Trinajstić information content (AvgIpc) is 3.23. The molecule has 0 radical (unpaired) electrons. The Hall–Kier alpha value is -2.06. The third-order valence-electron chi connectivity index (χ3n) is 5.41. The normalized spacial score (nSPS) is 16.1. The summed E-state index contributed by atoms with van der Waals surface area (Å²) >= 11 is 1.33. The van der Waals surface area contributed by atoms with E-state index >= 15 is 0 Å². The molecule has 1 amide bonds. The van der Waals surface area contributed by atoms with Gasteiger partial charge in [0.25, 0.3) is 5.22 Å². The Morgan fingerprint density at radius 3 is 2.34 bits per heavy atom. The molecule has 8 heteroatoms. The zero-order chi connectivity index (χ0) is 20.8. The number of amides is 1. The highest BCUT2D eigenvalue weighted by molar-refractivity contribution is 8.00. The first-order chi connectivity index (χ1) is 14.0. The van der Waals surface area contributed by atoms with E-state index in [2.05, 4.69) is 52.9 Å². The zero-order valence-corrected chi connectivity index (χ0v) is 18.6. The number of thioether (sulfide) groups is 1. The molecule has 1 atom stereocenters. The number of hydrogen-bond acceptors (Lipinski definition) is 7. The Kier molecular flexibility index (Phi) is 7.55. The Morgan fingerprint density at radius 1 is 1.10 bits per heavy atom. The first kappa shape index (κ1) is 21.6. The van der Waals surface area contributed by atoms with Crippen LogP contribution in [0.5, 0.6) is 0 Å². The number of anilines is 1. The van der Waals surface area contributed by atoms with E-state index in [1.54, 1.807) is 0 Å². The first-order valence-corrected chi connectivity index (χ1v) is 11.3. The van der Waals surface area contributed by atoms with Crippen molar-refractivity contribution in [1.29, 1.82) is 0 Å². The van der Waals surface area contributed by atoms with Crippen LogP contribution in [0.2, 0.25) is 0 Å². The monoisotopic (exact) mass is 417 g/mol. The second-order valence-electron chi connectivity index (χ2n) is 7.11. The number of piperazine rings is 1. The number of hydrogen-bond donors (Lipinski definition) is 0. The lowest BCUT2D eigenvalue weighted by Gasteiger charge is -2.35. The van der Waals surface area contributed by atoms with Crippen molar-refractivity contribution in [3.63, 3.8) is 0 Å². The largest absolute Gasteiger partial charge is 0.411 e. The summed E-state index contributed by atoms with van der Waals surface area (Å²) in [6.45, 7) is 14.8. The van der Waals surface area contributed by atoms with Crippen LogP contribution in [0.25, 0.3) is 11.5 Å². The molecule has 158 valence electrons. The van der Waals surface area contributed by atoms with Gasteiger partial charge in [0.15, 0.2) is 0 Å². The van der Waals surface area contributed by atoms with E-state index in [0.29, 0.717) is 11.1 Å². The Balaban J connectivity index is 1.59. The van der Waals surface area contributed by atoms with Crippen LogP contribution >= 0.6 is 11.8 Å². The van der Waals surface area contributed by atoms with E-state index in [4.69, 9.17) is 4.42 Å². The summed E-state index contributed by atoms with van der Waals surface area (Å²) in [6.07, 6.45) is 0. The maximum atomic E-state index is 12.7.